The summed E-state index contributed by atoms with van der Waals surface area (Å²) in [5.41, 5.74) is 3.73. The first-order valence-electron chi connectivity index (χ1n) is 10.0. The molecule has 2 aromatic heterocycles. The predicted octanol–water partition coefficient (Wildman–Crippen LogP) is 3.92. The van der Waals surface area contributed by atoms with E-state index in [2.05, 4.69) is 43.8 Å². The van der Waals surface area contributed by atoms with Gasteiger partial charge in [-0.15, -0.1) is 11.3 Å². The van der Waals surface area contributed by atoms with Crippen molar-refractivity contribution in [3.05, 3.63) is 64.1 Å². The van der Waals surface area contributed by atoms with Crippen molar-refractivity contribution in [2.75, 3.05) is 18.0 Å². The number of piperidine rings is 1. The van der Waals surface area contributed by atoms with Crippen molar-refractivity contribution in [3.63, 3.8) is 0 Å². The minimum Gasteiger partial charge on any atom is -0.357 e. The number of anilines is 1. The zero-order valence-electron chi connectivity index (χ0n) is 16.8. The molecule has 152 valence electrons. The molecular weight excluding hydrogens is 394 g/mol. The van der Waals surface area contributed by atoms with Crippen molar-refractivity contribution in [1.82, 2.24) is 15.3 Å². The number of nitrogens with zero attached hydrogens (tertiary/aromatic N) is 4. The Balaban J connectivity index is 1.26. The fourth-order valence-corrected chi connectivity index (χ4v) is 4.25. The lowest BCUT2D eigenvalue weighted by Gasteiger charge is -2.32. The summed E-state index contributed by atoms with van der Waals surface area (Å²) < 4.78 is 0. The molecule has 1 N–H and O–H groups in total. The van der Waals surface area contributed by atoms with E-state index in [0.29, 0.717) is 12.1 Å². The number of hydrogen-bond acceptors (Lipinski definition) is 6. The molecule has 4 rings (SSSR count). The molecule has 1 aliphatic heterocycles. The number of benzene rings is 1. The average molecular weight is 418 g/mol. The van der Waals surface area contributed by atoms with E-state index in [1.807, 2.05) is 25.1 Å². The van der Waals surface area contributed by atoms with Gasteiger partial charge in [0.05, 0.1) is 16.3 Å². The van der Waals surface area contributed by atoms with E-state index in [1.54, 1.807) is 23.6 Å². The van der Waals surface area contributed by atoms with Crippen molar-refractivity contribution >= 4 is 23.1 Å². The quantitative estimate of drug-likeness (QED) is 0.680. The molecule has 0 aliphatic carbocycles. The van der Waals surface area contributed by atoms with Crippen molar-refractivity contribution in [2.24, 2.45) is 5.92 Å². The molecule has 1 aliphatic rings. The highest BCUT2D eigenvalue weighted by Gasteiger charge is 2.25. The van der Waals surface area contributed by atoms with Crippen molar-refractivity contribution < 1.29 is 4.79 Å². The summed E-state index contributed by atoms with van der Waals surface area (Å²) in [7, 11) is 0. The molecule has 0 atom stereocenters. The topological polar surface area (TPSA) is 81.9 Å². The number of nitrogens with one attached hydrogen (secondary N) is 1. The molecule has 30 heavy (non-hydrogen) atoms. The maximum Gasteiger partial charge on any atom is 0.223 e. The molecule has 0 radical (unpaired) electrons. The van der Waals surface area contributed by atoms with Gasteiger partial charge < -0.3 is 10.2 Å². The molecule has 1 amide bonds. The van der Waals surface area contributed by atoms with Gasteiger partial charge in [-0.2, -0.15) is 5.26 Å². The number of pyridine rings is 1. The van der Waals surface area contributed by atoms with Gasteiger partial charge in [0.2, 0.25) is 5.91 Å². The van der Waals surface area contributed by atoms with Gasteiger partial charge in [0.25, 0.3) is 0 Å². The van der Waals surface area contributed by atoms with E-state index in [1.165, 1.54) is 0 Å². The maximum atomic E-state index is 12.6. The Kier molecular flexibility index (Phi) is 6.05. The van der Waals surface area contributed by atoms with Crippen LogP contribution in [-0.4, -0.2) is 29.0 Å². The van der Waals surface area contributed by atoms with E-state index in [-0.39, 0.29) is 11.8 Å². The van der Waals surface area contributed by atoms with Crippen LogP contribution < -0.4 is 10.2 Å². The summed E-state index contributed by atoms with van der Waals surface area (Å²) in [6, 6.07) is 13.9. The van der Waals surface area contributed by atoms with E-state index in [0.717, 1.165) is 53.6 Å². The van der Waals surface area contributed by atoms with Crippen LogP contribution in [0.4, 0.5) is 5.82 Å². The SMILES string of the molecule is Cc1nc(-c2ccc(CNC(=O)C3CCN(c4ccc(C#N)cn4)CC3)cc2)cs1. The summed E-state index contributed by atoms with van der Waals surface area (Å²) >= 11 is 1.65. The summed E-state index contributed by atoms with van der Waals surface area (Å²) in [6.07, 6.45) is 3.19. The fraction of sp³-hybridized carbons (Fsp3) is 0.304. The van der Waals surface area contributed by atoms with Crippen LogP contribution in [0.25, 0.3) is 11.3 Å². The van der Waals surface area contributed by atoms with Crippen molar-refractivity contribution in [3.8, 4) is 17.3 Å². The summed E-state index contributed by atoms with van der Waals surface area (Å²) in [6.45, 7) is 4.12. The summed E-state index contributed by atoms with van der Waals surface area (Å²) in [4.78, 5) is 23.6. The van der Waals surface area contributed by atoms with Crippen molar-refractivity contribution in [2.45, 2.75) is 26.3 Å². The standard InChI is InChI=1S/C23H23N5OS/c1-16-27-21(15-30-16)19-5-2-17(3-6-19)13-26-23(29)20-8-10-28(11-9-20)22-7-4-18(12-24)14-25-22/h2-7,14-15,20H,8-11,13H2,1H3,(H,26,29). The van der Waals surface area contributed by atoms with E-state index in [4.69, 9.17) is 5.26 Å². The molecule has 3 aromatic rings. The van der Waals surface area contributed by atoms with Gasteiger partial charge in [0.15, 0.2) is 0 Å². The lowest BCUT2D eigenvalue weighted by Crippen LogP contribution is -2.40. The number of nitriles is 1. The number of aryl methyl sites for hydroxylation is 1. The van der Waals surface area contributed by atoms with Gasteiger partial charge in [-0.05, 0) is 37.5 Å². The number of amides is 1. The molecule has 3 heterocycles. The second kappa shape index (κ2) is 9.06. The zero-order valence-corrected chi connectivity index (χ0v) is 17.7. The van der Waals surface area contributed by atoms with E-state index < -0.39 is 0 Å². The second-order valence-electron chi connectivity index (χ2n) is 7.44. The van der Waals surface area contributed by atoms with Gasteiger partial charge in [-0.3, -0.25) is 4.79 Å². The Labute approximate surface area is 180 Å². The highest BCUT2D eigenvalue weighted by molar-refractivity contribution is 7.09. The summed E-state index contributed by atoms with van der Waals surface area (Å²) in [5, 5.41) is 15.1. The molecule has 1 aromatic carbocycles. The molecule has 6 nitrogen and oxygen atoms in total. The third-order valence-corrected chi connectivity index (χ3v) is 6.18. The third-order valence-electron chi connectivity index (χ3n) is 5.40. The number of carbonyl (C=O) groups is 1. The lowest BCUT2D eigenvalue weighted by atomic mass is 9.95. The number of hydrogen-bond donors (Lipinski definition) is 1. The van der Waals surface area contributed by atoms with Crippen molar-refractivity contribution in [1.29, 1.82) is 5.26 Å². The van der Waals surface area contributed by atoms with Crippen LogP contribution in [0.15, 0.2) is 48.0 Å². The minimum atomic E-state index is 0.0249. The molecule has 1 saturated heterocycles. The minimum absolute atomic E-state index is 0.0249. The largest absolute Gasteiger partial charge is 0.357 e. The maximum absolute atomic E-state index is 12.6. The Morgan fingerprint density at radius 1 is 1.23 bits per heavy atom. The van der Waals surface area contributed by atoms with Crippen LogP contribution in [0.1, 0.15) is 29.0 Å². The monoisotopic (exact) mass is 417 g/mol. The first-order valence-corrected chi connectivity index (χ1v) is 10.9. The Hall–Kier alpha value is -3.24. The Bertz CT molecular complexity index is 1040. The predicted molar refractivity (Wildman–Crippen MR) is 118 cm³/mol. The molecule has 7 heteroatoms. The van der Waals surface area contributed by atoms with Crippen LogP contribution in [0.2, 0.25) is 0 Å². The number of rotatable bonds is 5. The molecule has 1 fully saturated rings. The number of carbonyl (C=O) groups excluding carboxylic acids is 1. The van der Waals surface area contributed by atoms with E-state index >= 15 is 0 Å². The fourth-order valence-electron chi connectivity index (χ4n) is 3.63. The molecular formula is C23H23N5OS. The van der Waals surface area contributed by atoms with Gasteiger partial charge in [-0.1, -0.05) is 24.3 Å². The number of thiazole rings is 1. The second-order valence-corrected chi connectivity index (χ2v) is 8.51. The van der Waals surface area contributed by atoms with Gasteiger partial charge in [0.1, 0.15) is 11.9 Å². The van der Waals surface area contributed by atoms with Crippen LogP contribution in [0, 0.1) is 24.2 Å². The first kappa shape index (κ1) is 20.0. The lowest BCUT2D eigenvalue weighted by molar-refractivity contribution is -0.125. The third kappa shape index (κ3) is 4.66. The smallest absolute Gasteiger partial charge is 0.223 e. The average Bonchev–Trinajstić information content (AvgIpc) is 3.24. The normalized spacial score (nSPS) is 14.3. The van der Waals surface area contributed by atoms with Gasteiger partial charge in [0, 0.05) is 42.7 Å². The highest BCUT2D eigenvalue weighted by Crippen LogP contribution is 2.23. The van der Waals surface area contributed by atoms with Crippen LogP contribution >= 0.6 is 11.3 Å². The van der Waals surface area contributed by atoms with Gasteiger partial charge in [-0.25, -0.2) is 9.97 Å². The van der Waals surface area contributed by atoms with Crippen LogP contribution in [-0.2, 0) is 11.3 Å². The zero-order chi connectivity index (χ0) is 20.9. The highest BCUT2D eigenvalue weighted by atomic mass is 32.1. The van der Waals surface area contributed by atoms with E-state index in [9.17, 15) is 4.79 Å². The molecule has 0 saturated carbocycles. The molecule has 0 bridgehead atoms. The van der Waals surface area contributed by atoms with Crippen LogP contribution in [0.3, 0.4) is 0 Å². The first-order chi connectivity index (χ1) is 14.6. The number of aromatic nitrogens is 2. The summed E-state index contributed by atoms with van der Waals surface area (Å²) in [5.74, 6) is 1.00. The van der Waals surface area contributed by atoms with Crippen LogP contribution in [0.5, 0.6) is 0 Å². The Morgan fingerprint density at radius 3 is 2.60 bits per heavy atom. The van der Waals surface area contributed by atoms with Gasteiger partial charge >= 0.3 is 0 Å². The molecule has 0 spiro atoms. The Morgan fingerprint density at radius 2 is 2.00 bits per heavy atom. The molecule has 0 unspecified atom stereocenters.